The van der Waals surface area contributed by atoms with E-state index in [9.17, 15) is 9.59 Å². The minimum atomic E-state index is -0.457. The van der Waals surface area contributed by atoms with Crippen molar-refractivity contribution < 1.29 is 9.59 Å². The first-order valence-electron chi connectivity index (χ1n) is 12.0. The molecule has 1 saturated carbocycles. The van der Waals surface area contributed by atoms with Gasteiger partial charge in [0, 0.05) is 25.0 Å². The van der Waals surface area contributed by atoms with Gasteiger partial charge in [0.2, 0.25) is 11.8 Å². The van der Waals surface area contributed by atoms with Crippen molar-refractivity contribution in [3.05, 3.63) is 59.7 Å². The van der Waals surface area contributed by atoms with Gasteiger partial charge in [-0.2, -0.15) is 0 Å². The van der Waals surface area contributed by atoms with Gasteiger partial charge in [-0.1, -0.05) is 61.0 Å². The third-order valence-corrected chi connectivity index (χ3v) is 7.21. The second kappa shape index (κ2) is 9.09. The highest BCUT2D eigenvalue weighted by Gasteiger charge is 2.46. The number of likely N-dealkylation sites (tertiary alicyclic amines) is 1. The van der Waals surface area contributed by atoms with E-state index < -0.39 is 5.41 Å². The molecule has 2 atom stereocenters. The van der Waals surface area contributed by atoms with E-state index in [1.54, 1.807) is 0 Å². The summed E-state index contributed by atoms with van der Waals surface area (Å²) in [4.78, 5) is 28.0. The van der Waals surface area contributed by atoms with E-state index >= 15 is 0 Å². The third-order valence-electron chi connectivity index (χ3n) is 7.21. The van der Waals surface area contributed by atoms with Gasteiger partial charge in [0.1, 0.15) is 0 Å². The molecule has 1 heterocycles. The monoisotopic (exact) mass is 432 g/mol. The maximum Gasteiger partial charge on any atom is 0.226 e. The van der Waals surface area contributed by atoms with Crippen LogP contribution in [0.2, 0.25) is 0 Å². The Morgan fingerprint density at radius 2 is 1.72 bits per heavy atom. The zero-order valence-electron chi connectivity index (χ0n) is 19.9. The molecule has 2 fully saturated rings. The number of rotatable bonds is 6. The van der Waals surface area contributed by atoms with E-state index in [2.05, 4.69) is 67.7 Å². The van der Waals surface area contributed by atoms with Crippen molar-refractivity contribution in [2.75, 3.05) is 13.1 Å². The zero-order valence-corrected chi connectivity index (χ0v) is 19.9. The zero-order chi connectivity index (χ0) is 22.9. The predicted octanol–water partition coefficient (Wildman–Crippen LogP) is 4.99. The summed E-state index contributed by atoms with van der Waals surface area (Å²) in [6.45, 7) is 9.62. The number of hydrogen-bond donors (Lipinski definition) is 1. The van der Waals surface area contributed by atoms with Crippen molar-refractivity contribution in [2.45, 2.75) is 59.4 Å². The lowest BCUT2D eigenvalue weighted by atomic mass is 9.72. The highest BCUT2D eigenvalue weighted by atomic mass is 16.2. The summed E-state index contributed by atoms with van der Waals surface area (Å²) >= 11 is 0. The molecule has 2 aromatic carbocycles. The number of nitrogens with zero attached hydrogens (tertiary/aromatic N) is 1. The number of aryl methyl sites for hydroxylation is 1. The SMILES string of the molecule is Cc1cccc(-c2ccc(CC3(C(=O)NC(C)C)CCN(C(=O)[C@@H]4C[C@H]4C)CC3)cc2)c1. The van der Waals surface area contributed by atoms with Crippen molar-refractivity contribution in [3.8, 4) is 11.1 Å². The molecule has 2 aliphatic rings. The molecular weight excluding hydrogens is 396 g/mol. The molecule has 0 aromatic heterocycles. The Morgan fingerprint density at radius 1 is 1.06 bits per heavy atom. The molecule has 4 heteroatoms. The van der Waals surface area contributed by atoms with Crippen LogP contribution in [0.5, 0.6) is 0 Å². The van der Waals surface area contributed by atoms with Crippen LogP contribution in [0.4, 0.5) is 0 Å². The summed E-state index contributed by atoms with van der Waals surface area (Å²) in [6, 6.07) is 17.3. The van der Waals surface area contributed by atoms with E-state index in [-0.39, 0.29) is 23.8 Å². The summed E-state index contributed by atoms with van der Waals surface area (Å²) in [6.07, 6.45) is 3.17. The first-order valence-corrected chi connectivity index (χ1v) is 12.0. The minimum absolute atomic E-state index is 0.107. The number of nitrogens with one attached hydrogen (secondary N) is 1. The highest BCUT2D eigenvalue weighted by molar-refractivity contribution is 5.85. The molecule has 1 N–H and O–H groups in total. The molecular formula is C28H36N2O2. The average molecular weight is 433 g/mol. The molecule has 1 aliphatic carbocycles. The summed E-state index contributed by atoms with van der Waals surface area (Å²) in [5.74, 6) is 1.14. The van der Waals surface area contributed by atoms with Crippen molar-refractivity contribution >= 4 is 11.8 Å². The van der Waals surface area contributed by atoms with E-state index in [1.807, 2.05) is 18.7 Å². The smallest absolute Gasteiger partial charge is 0.226 e. The fourth-order valence-electron chi connectivity index (χ4n) is 4.99. The molecule has 32 heavy (non-hydrogen) atoms. The Labute approximate surface area is 192 Å². The van der Waals surface area contributed by atoms with Gasteiger partial charge in [-0.05, 0) is 69.1 Å². The van der Waals surface area contributed by atoms with Crippen LogP contribution in [0.3, 0.4) is 0 Å². The van der Waals surface area contributed by atoms with E-state index in [0.717, 1.165) is 19.3 Å². The Morgan fingerprint density at radius 3 is 2.28 bits per heavy atom. The molecule has 0 unspecified atom stereocenters. The number of benzene rings is 2. The second-order valence-corrected chi connectivity index (χ2v) is 10.3. The van der Waals surface area contributed by atoms with E-state index in [4.69, 9.17) is 0 Å². The highest BCUT2D eigenvalue weighted by Crippen LogP contribution is 2.42. The lowest BCUT2D eigenvalue weighted by Gasteiger charge is -2.41. The predicted molar refractivity (Wildman–Crippen MR) is 129 cm³/mol. The van der Waals surface area contributed by atoms with Gasteiger partial charge in [0.25, 0.3) is 0 Å². The van der Waals surface area contributed by atoms with Crippen LogP contribution >= 0.6 is 0 Å². The number of amides is 2. The molecule has 170 valence electrons. The lowest BCUT2D eigenvalue weighted by molar-refractivity contribution is -0.141. The fourth-order valence-corrected chi connectivity index (χ4v) is 4.99. The van der Waals surface area contributed by atoms with Crippen molar-refractivity contribution in [3.63, 3.8) is 0 Å². The largest absolute Gasteiger partial charge is 0.353 e. The van der Waals surface area contributed by atoms with Crippen LogP contribution in [-0.4, -0.2) is 35.8 Å². The molecule has 4 nitrogen and oxygen atoms in total. The van der Waals surface area contributed by atoms with Gasteiger partial charge in [-0.15, -0.1) is 0 Å². The first-order chi connectivity index (χ1) is 15.3. The summed E-state index contributed by atoms with van der Waals surface area (Å²) < 4.78 is 0. The van der Waals surface area contributed by atoms with Crippen LogP contribution in [0.15, 0.2) is 48.5 Å². The molecule has 1 aliphatic heterocycles. The van der Waals surface area contributed by atoms with Crippen LogP contribution < -0.4 is 5.32 Å². The number of hydrogen-bond acceptors (Lipinski definition) is 2. The van der Waals surface area contributed by atoms with Crippen LogP contribution in [-0.2, 0) is 16.0 Å². The summed E-state index contributed by atoms with van der Waals surface area (Å²) in [5, 5.41) is 3.16. The van der Waals surface area contributed by atoms with Crippen molar-refractivity contribution in [1.82, 2.24) is 10.2 Å². The molecule has 0 bridgehead atoms. The Kier molecular flexibility index (Phi) is 6.41. The molecule has 2 aromatic rings. The standard InChI is InChI=1S/C28H36N2O2/c1-19(2)29-27(32)28(12-14-30(15-13-28)26(31)25-17-21(25)4)18-22-8-10-23(11-9-22)24-7-5-6-20(3)16-24/h5-11,16,19,21,25H,12-15,17-18H2,1-4H3,(H,29,32)/t21-,25-/m1/s1. The lowest BCUT2D eigenvalue weighted by Crippen LogP contribution is -2.52. The second-order valence-electron chi connectivity index (χ2n) is 10.3. The van der Waals surface area contributed by atoms with E-state index in [1.165, 1.54) is 22.3 Å². The number of carbonyl (C=O) groups is 2. The van der Waals surface area contributed by atoms with Crippen LogP contribution in [0.1, 0.15) is 51.2 Å². The van der Waals surface area contributed by atoms with Crippen molar-refractivity contribution in [1.29, 1.82) is 0 Å². The van der Waals surface area contributed by atoms with Gasteiger partial charge in [-0.3, -0.25) is 9.59 Å². The van der Waals surface area contributed by atoms with Gasteiger partial charge in [0.15, 0.2) is 0 Å². The van der Waals surface area contributed by atoms with Gasteiger partial charge < -0.3 is 10.2 Å². The third kappa shape index (κ3) is 4.90. The Bertz CT molecular complexity index is 971. The molecule has 0 spiro atoms. The Hall–Kier alpha value is -2.62. The maximum atomic E-state index is 13.3. The average Bonchev–Trinajstić information content (AvgIpc) is 3.50. The number of piperidine rings is 1. The molecule has 1 saturated heterocycles. The van der Waals surface area contributed by atoms with Gasteiger partial charge >= 0.3 is 0 Å². The molecule has 0 radical (unpaired) electrons. The van der Waals surface area contributed by atoms with Gasteiger partial charge in [0.05, 0.1) is 5.41 Å². The van der Waals surface area contributed by atoms with Crippen LogP contribution in [0, 0.1) is 24.2 Å². The molecule has 4 rings (SSSR count). The van der Waals surface area contributed by atoms with Gasteiger partial charge in [-0.25, -0.2) is 0 Å². The maximum absolute atomic E-state index is 13.3. The fraction of sp³-hybridized carbons (Fsp3) is 0.500. The quantitative estimate of drug-likeness (QED) is 0.699. The Balaban J connectivity index is 1.50. The molecule has 2 amide bonds. The number of carbonyl (C=O) groups excluding carboxylic acids is 2. The topological polar surface area (TPSA) is 49.4 Å². The summed E-state index contributed by atoms with van der Waals surface area (Å²) in [5.41, 5.74) is 4.37. The minimum Gasteiger partial charge on any atom is -0.353 e. The van der Waals surface area contributed by atoms with E-state index in [0.29, 0.717) is 25.4 Å². The van der Waals surface area contributed by atoms with Crippen molar-refractivity contribution in [2.24, 2.45) is 17.3 Å². The summed E-state index contributed by atoms with van der Waals surface area (Å²) in [7, 11) is 0. The first kappa shape index (κ1) is 22.6. The normalized spacial score (nSPS) is 22.0. The van der Waals surface area contributed by atoms with Crippen LogP contribution in [0.25, 0.3) is 11.1 Å².